The predicted octanol–water partition coefficient (Wildman–Crippen LogP) is 2.87. The number of hydrogen-bond acceptors (Lipinski definition) is 7. The molecule has 1 atom stereocenters. The fourth-order valence-corrected chi connectivity index (χ4v) is 4.22. The number of halogens is 3. The third-order valence-corrected chi connectivity index (χ3v) is 5.79. The van der Waals surface area contributed by atoms with Gasteiger partial charge >= 0.3 is 0 Å². The summed E-state index contributed by atoms with van der Waals surface area (Å²) in [5.41, 5.74) is 3.73. The summed E-state index contributed by atoms with van der Waals surface area (Å²) in [6.07, 6.45) is 2.08. The summed E-state index contributed by atoms with van der Waals surface area (Å²) in [6, 6.07) is 6.41. The maximum atomic E-state index is 14.2. The number of likely N-dealkylation sites (N-methyl/N-ethyl adjacent to an activating group) is 1. The molecule has 4 heterocycles. The third kappa shape index (κ3) is 3.84. The van der Waals surface area contributed by atoms with Crippen molar-refractivity contribution >= 4 is 22.5 Å². The van der Waals surface area contributed by atoms with Crippen molar-refractivity contribution in [2.24, 2.45) is 0 Å². The van der Waals surface area contributed by atoms with Crippen LogP contribution in [0.3, 0.4) is 0 Å². The number of ether oxygens (including phenoxy) is 1. The molecule has 0 radical (unpaired) electrons. The number of methoxy groups -OCH3 is 1. The molecule has 0 spiro atoms. The van der Waals surface area contributed by atoms with Gasteiger partial charge in [-0.2, -0.15) is 4.98 Å². The molecule has 174 valence electrons. The van der Waals surface area contributed by atoms with Gasteiger partial charge in [0.2, 0.25) is 11.8 Å². The monoisotopic (exact) mass is 460 g/mol. The number of likely N-dealkylation sites (tertiary alicyclic amines) is 1. The van der Waals surface area contributed by atoms with E-state index < -0.39 is 18.6 Å². The van der Waals surface area contributed by atoms with Crippen LogP contribution in [0.4, 0.5) is 19.1 Å². The summed E-state index contributed by atoms with van der Waals surface area (Å²) in [4.78, 5) is 5.91. The Bertz CT molecular complexity index is 1300. The number of anilines is 1. The maximum absolute atomic E-state index is 14.2. The van der Waals surface area contributed by atoms with Crippen LogP contribution in [0.1, 0.15) is 6.42 Å². The van der Waals surface area contributed by atoms with Gasteiger partial charge in [0.15, 0.2) is 0 Å². The highest BCUT2D eigenvalue weighted by Gasteiger charge is 2.47. The molecule has 0 bridgehead atoms. The van der Waals surface area contributed by atoms with Crippen molar-refractivity contribution in [1.29, 1.82) is 0 Å². The summed E-state index contributed by atoms with van der Waals surface area (Å²) >= 11 is 0. The summed E-state index contributed by atoms with van der Waals surface area (Å²) in [6.45, 7) is -0.149. The van der Waals surface area contributed by atoms with E-state index in [-0.39, 0.29) is 24.9 Å². The standard InChI is InChI=1S/C21H23F3N8O/c1-30-11-17(21(23,24)12-30)25-20-26-19(33-2)18-14(6-9-32(18)28-20)13-4-5-15-16(10-13)31(29-27-15)8-3-7-22/h4-6,9-10,17H,3,7-8,11-12H2,1-2H3,(H,25,28)/t17-/m1/s1. The lowest BCUT2D eigenvalue weighted by Crippen LogP contribution is -2.38. The molecule has 33 heavy (non-hydrogen) atoms. The van der Waals surface area contributed by atoms with E-state index in [4.69, 9.17) is 4.74 Å². The molecule has 1 N–H and O–H groups in total. The van der Waals surface area contributed by atoms with Crippen LogP contribution in [0.15, 0.2) is 30.5 Å². The second kappa shape index (κ2) is 8.18. The summed E-state index contributed by atoms with van der Waals surface area (Å²) in [5.74, 6) is -2.58. The van der Waals surface area contributed by atoms with Crippen LogP contribution in [0.2, 0.25) is 0 Å². The molecule has 0 amide bonds. The molecular weight excluding hydrogens is 437 g/mol. The van der Waals surface area contributed by atoms with Gasteiger partial charge in [-0.1, -0.05) is 11.3 Å². The predicted molar refractivity (Wildman–Crippen MR) is 117 cm³/mol. The van der Waals surface area contributed by atoms with E-state index in [0.29, 0.717) is 24.0 Å². The molecule has 1 saturated heterocycles. The largest absolute Gasteiger partial charge is 0.479 e. The van der Waals surface area contributed by atoms with E-state index in [2.05, 4.69) is 25.7 Å². The average molecular weight is 460 g/mol. The Morgan fingerprint density at radius 2 is 2.12 bits per heavy atom. The Kier molecular flexibility index (Phi) is 5.31. The minimum absolute atomic E-state index is 0.0606. The normalized spacial score (nSPS) is 18.4. The van der Waals surface area contributed by atoms with Crippen LogP contribution < -0.4 is 10.1 Å². The lowest BCUT2D eigenvalue weighted by atomic mass is 10.1. The van der Waals surface area contributed by atoms with Crippen molar-refractivity contribution < 1.29 is 17.9 Å². The van der Waals surface area contributed by atoms with E-state index in [1.807, 2.05) is 24.3 Å². The lowest BCUT2D eigenvalue weighted by Gasteiger charge is -2.19. The highest BCUT2D eigenvalue weighted by Crippen LogP contribution is 2.34. The zero-order valence-corrected chi connectivity index (χ0v) is 18.2. The molecule has 0 unspecified atom stereocenters. The number of nitrogens with one attached hydrogen (secondary N) is 1. The van der Waals surface area contributed by atoms with E-state index in [9.17, 15) is 13.2 Å². The number of benzene rings is 1. The van der Waals surface area contributed by atoms with Crippen LogP contribution in [0, 0.1) is 0 Å². The number of fused-ring (bicyclic) bond motifs is 2. The molecule has 4 aromatic rings. The highest BCUT2D eigenvalue weighted by molar-refractivity contribution is 5.89. The van der Waals surface area contributed by atoms with Gasteiger partial charge in [0, 0.05) is 24.8 Å². The van der Waals surface area contributed by atoms with Gasteiger partial charge < -0.3 is 10.1 Å². The number of rotatable bonds is 7. The van der Waals surface area contributed by atoms with E-state index in [1.54, 1.807) is 27.3 Å². The molecule has 1 aliphatic heterocycles. The fourth-order valence-electron chi connectivity index (χ4n) is 4.22. The van der Waals surface area contributed by atoms with Gasteiger partial charge in [0.25, 0.3) is 5.92 Å². The van der Waals surface area contributed by atoms with Crippen molar-refractivity contribution in [2.75, 3.05) is 39.2 Å². The average Bonchev–Trinajstić information content (AvgIpc) is 3.46. The summed E-state index contributed by atoms with van der Waals surface area (Å²) in [5, 5.41) is 15.4. The van der Waals surface area contributed by atoms with Crippen LogP contribution in [0.5, 0.6) is 5.88 Å². The third-order valence-electron chi connectivity index (χ3n) is 5.79. The molecule has 1 fully saturated rings. The molecule has 5 rings (SSSR count). The Labute approximate surface area is 187 Å². The molecule has 0 aliphatic carbocycles. The number of aryl methyl sites for hydroxylation is 1. The molecule has 1 aliphatic rings. The highest BCUT2D eigenvalue weighted by atomic mass is 19.3. The van der Waals surface area contributed by atoms with Gasteiger partial charge in [0.05, 0.1) is 25.8 Å². The molecule has 1 aromatic carbocycles. The number of hydrogen-bond donors (Lipinski definition) is 1. The van der Waals surface area contributed by atoms with Crippen LogP contribution in [-0.2, 0) is 6.54 Å². The van der Waals surface area contributed by atoms with Crippen molar-refractivity contribution in [3.05, 3.63) is 30.5 Å². The van der Waals surface area contributed by atoms with Crippen LogP contribution >= 0.6 is 0 Å². The second-order valence-electron chi connectivity index (χ2n) is 8.18. The summed E-state index contributed by atoms with van der Waals surface area (Å²) in [7, 11) is 3.12. The summed E-state index contributed by atoms with van der Waals surface area (Å²) < 4.78 is 49.8. The van der Waals surface area contributed by atoms with Gasteiger partial charge in [-0.15, -0.1) is 10.2 Å². The number of nitrogens with zero attached hydrogens (tertiary/aromatic N) is 7. The first-order chi connectivity index (χ1) is 15.9. The Morgan fingerprint density at radius 1 is 1.27 bits per heavy atom. The van der Waals surface area contributed by atoms with Crippen molar-refractivity contribution in [3.8, 4) is 17.0 Å². The first-order valence-corrected chi connectivity index (χ1v) is 10.6. The van der Waals surface area contributed by atoms with Gasteiger partial charge in [-0.3, -0.25) is 9.29 Å². The van der Waals surface area contributed by atoms with Crippen LogP contribution in [0.25, 0.3) is 27.7 Å². The lowest BCUT2D eigenvalue weighted by molar-refractivity contribution is 0.00583. The topological polar surface area (TPSA) is 85.4 Å². The quantitative estimate of drug-likeness (QED) is 0.454. The zero-order valence-electron chi connectivity index (χ0n) is 18.2. The van der Waals surface area contributed by atoms with Crippen molar-refractivity contribution in [2.45, 2.75) is 24.9 Å². The Hall–Kier alpha value is -3.41. The minimum Gasteiger partial charge on any atom is -0.479 e. The Balaban J connectivity index is 1.53. The van der Waals surface area contributed by atoms with E-state index >= 15 is 0 Å². The smallest absolute Gasteiger partial charge is 0.281 e. The molecule has 12 heteroatoms. The van der Waals surface area contributed by atoms with Crippen molar-refractivity contribution in [3.63, 3.8) is 0 Å². The molecule has 0 saturated carbocycles. The number of alkyl halides is 3. The fraction of sp³-hybridized carbons (Fsp3) is 0.429. The minimum atomic E-state index is -2.89. The number of aromatic nitrogens is 6. The zero-order chi connectivity index (χ0) is 23.2. The molecule has 9 nitrogen and oxygen atoms in total. The van der Waals surface area contributed by atoms with Crippen molar-refractivity contribution in [1.82, 2.24) is 34.5 Å². The van der Waals surface area contributed by atoms with Gasteiger partial charge in [-0.05, 0) is 37.2 Å². The first kappa shape index (κ1) is 21.4. The van der Waals surface area contributed by atoms with Gasteiger partial charge in [0.1, 0.15) is 17.1 Å². The maximum Gasteiger partial charge on any atom is 0.281 e. The second-order valence-corrected chi connectivity index (χ2v) is 8.18. The first-order valence-electron chi connectivity index (χ1n) is 10.6. The Morgan fingerprint density at radius 3 is 2.85 bits per heavy atom. The van der Waals surface area contributed by atoms with E-state index in [1.165, 1.54) is 7.11 Å². The SMILES string of the molecule is COc1nc(N[C@@H]2CN(C)CC2(F)F)nn2ccc(-c3ccc4nnn(CCCF)c4c3)c12. The van der Waals surface area contributed by atoms with E-state index in [0.717, 1.165) is 16.6 Å². The van der Waals surface area contributed by atoms with Gasteiger partial charge in [-0.25, -0.2) is 18.0 Å². The molecule has 3 aromatic heterocycles. The van der Waals surface area contributed by atoms with Crippen LogP contribution in [-0.4, -0.2) is 80.4 Å². The molecular formula is C21H23F3N8O.